The van der Waals surface area contributed by atoms with Crippen LogP contribution in [0.25, 0.3) is 0 Å². The highest BCUT2D eigenvalue weighted by atomic mass is 35.5. The summed E-state index contributed by atoms with van der Waals surface area (Å²) >= 11 is 13.3. The molecule has 2 rings (SSSR count). The van der Waals surface area contributed by atoms with E-state index < -0.39 is 10.8 Å². The van der Waals surface area contributed by atoms with E-state index in [1.165, 1.54) is 0 Å². The van der Waals surface area contributed by atoms with Gasteiger partial charge < -0.3 is 0 Å². The van der Waals surface area contributed by atoms with Crippen molar-refractivity contribution in [3.63, 3.8) is 0 Å². The molecule has 0 N–H and O–H groups in total. The Morgan fingerprint density at radius 1 is 1.20 bits per heavy atom. The smallest absolute Gasteiger partial charge is 0.176 e. The van der Waals surface area contributed by atoms with E-state index in [0.29, 0.717) is 20.5 Å². The first-order valence-electron chi connectivity index (χ1n) is 5.82. The minimum Gasteiger partial charge on any atom is -0.293 e. The van der Waals surface area contributed by atoms with E-state index >= 15 is 0 Å². The first kappa shape index (κ1) is 15.7. The van der Waals surface area contributed by atoms with E-state index in [2.05, 4.69) is 0 Å². The molecule has 0 saturated carbocycles. The zero-order valence-corrected chi connectivity index (χ0v) is 14.1. The summed E-state index contributed by atoms with van der Waals surface area (Å²) < 4.78 is 12.2. The van der Waals surface area contributed by atoms with Crippen LogP contribution in [0.3, 0.4) is 0 Å². The number of rotatable bonds is 4. The quantitative estimate of drug-likeness (QED) is 0.754. The number of thiophene rings is 1. The summed E-state index contributed by atoms with van der Waals surface area (Å²) in [6, 6.07) is 6.60. The predicted molar refractivity (Wildman–Crippen MR) is 85.9 cm³/mol. The molecule has 1 unspecified atom stereocenters. The molecule has 0 saturated heterocycles. The molecular weight excluding hydrogens is 335 g/mol. The summed E-state index contributed by atoms with van der Waals surface area (Å²) in [5.74, 6) is -0.161. The van der Waals surface area contributed by atoms with Crippen molar-refractivity contribution in [3.05, 3.63) is 49.6 Å². The SMILES string of the molecule is Cc1cc(C(=O)CS(=O)c2ccc(Cl)c(Cl)c2)c(C)s1. The van der Waals surface area contributed by atoms with Crippen LogP contribution in [0.1, 0.15) is 20.1 Å². The normalized spacial score (nSPS) is 12.4. The van der Waals surface area contributed by atoms with Gasteiger partial charge in [-0.05, 0) is 38.1 Å². The van der Waals surface area contributed by atoms with Gasteiger partial charge in [0.25, 0.3) is 0 Å². The Labute approximate surface area is 134 Å². The zero-order chi connectivity index (χ0) is 14.9. The number of hydrogen-bond acceptors (Lipinski definition) is 3. The molecule has 0 radical (unpaired) electrons. The second kappa shape index (κ2) is 6.39. The summed E-state index contributed by atoms with van der Waals surface area (Å²) in [6.07, 6.45) is 0. The lowest BCUT2D eigenvalue weighted by Gasteiger charge is -2.03. The fourth-order valence-corrected chi connectivity index (χ4v) is 4.14. The van der Waals surface area contributed by atoms with Crippen LogP contribution in [0, 0.1) is 13.8 Å². The monoisotopic (exact) mass is 346 g/mol. The van der Waals surface area contributed by atoms with E-state index in [-0.39, 0.29) is 11.5 Å². The topological polar surface area (TPSA) is 34.1 Å². The molecule has 20 heavy (non-hydrogen) atoms. The number of Topliss-reactive ketones (excluding diaryl/α,β-unsaturated/α-hetero) is 1. The average Bonchev–Trinajstić information content (AvgIpc) is 2.71. The van der Waals surface area contributed by atoms with Gasteiger partial charge in [-0.15, -0.1) is 11.3 Å². The number of benzene rings is 1. The maximum atomic E-state index is 12.2. The fourth-order valence-electron chi connectivity index (χ4n) is 1.81. The van der Waals surface area contributed by atoms with E-state index in [0.717, 1.165) is 9.75 Å². The van der Waals surface area contributed by atoms with Gasteiger partial charge in [0.15, 0.2) is 5.78 Å². The number of carbonyl (C=O) groups is 1. The molecular formula is C14H12Cl2O2S2. The molecule has 0 bridgehead atoms. The number of carbonyl (C=O) groups excluding carboxylic acids is 1. The molecule has 0 aliphatic rings. The molecule has 2 aromatic rings. The van der Waals surface area contributed by atoms with Crippen LogP contribution in [0.5, 0.6) is 0 Å². The van der Waals surface area contributed by atoms with Gasteiger partial charge in [-0.25, -0.2) is 0 Å². The Morgan fingerprint density at radius 2 is 1.90 bits per heavy atom. The zero-order valence-electron chi connectivity index (χ0n) is 10.9. The van der Waals surface area contributed by atoms with E-state index in [9.17, 15) is 9.00 Å². The van der Waals surface area contributed by atoms with Crippen LogP contribution < -0.4 is 0 Å². The van der Waals surface area contributed by atoms with Gasteiger partial charge in [-0.3, -0.25) is 9.00 Å². The third-order valence-electron chi connectivity index (χ3n) is 2.76. The van der Waals surface area contributed by atoms with Gasteiger partial charge in [0.1, 0.15) is 0 Å². The number of ketones is 1. The van der Waals surface area contributed by atoms with Crippen LogP contribution in [0.2, 0.25) is 10.0 Å². The summed E-state index contributed by atoms with van der Waals surface area (Å²) in [5.41, 5.74) is 0.654. The number of hydrogen-bond donors (Lipinski definition) is 0. The van der Waals surface area contributed by atoms with Crippen LogP contribution in [0.4, 0.5) is 0 Å². The van der Waals surface area contributed by atoms with Gasteiger partial charge in [0.05, 0.1) is 26.6 Å². The molecule has 0 aliphatic carbocycles. The standard InChI is InChI=1S/C14H12Cl2O2S2/c1-8-5-11(9(2)19-8)14(17)7-20(18)10-3-4-12(15)13(16)6-10/h3-6H,7H2,1-2H3. The third-order valence-corrected chi connectivity index (χ3v) is 5.77. The summed E-state index contributed by atoms with van der Waals surface area (Å²) in [4.78, 5) is 14.7. The Hall–Kier alpha value is -0.680. The molecule has 6 heteroatoms. The second-order valence-electron chi connectivity index (χ2n) is 4.32. The molecule has 1 heterocycles. The lowest BCUT2D eigenvalue weighted by molar-refractivity contribution is 0.102. The van der Waals surface area contributed by atoms with E-state index in [1.807, 2.05) is 19.9 Å². The van der Waals surface area contributed by atoms with Gasteiger partial charge in [0.2, 0.25) is 0 Å². The molecule has 1 aromatic carbocycles. The molecule has 0 amide bonds. The molecule has 0 fully saturated rings. The molecule has 106 valence electrons. The second-order valence-corrected chi connectivity index (χ2v) is 8.04. The van der Waals surface area contributed by atoms with Crippen LogP contribution in [-0.4, -0.2) is 15.7 Å². The van der Waals surface area contributed by atoms with Gasteiger partial charge in [-0.1, -0.05) is 23.2 Å². The summed E-state index contributed by atoms with van der Waals surface area (Å²) in [5, 5.41) is 0.746. The lowest BCUT2D eigenvalue weighted by Crippen LogP contribution is -2.11. The van der Waals surface area contributed by atoms with Crippen molar-refractivity contribution < 1.29 is 9.00 Å². The summed E-state index contributed by atoms with van der Waals surface area (Å²) in [7, 11) is -1.42. The molecule has 0 spiro atoms. The van der Waals surface area contributed by atoms with Gasteiger partial charge >= 0.3 is 0 Å². The molecule has 2 nitrogen and oxygen atoms in total. The van der Waals surface area contributed by atoms with Crippen molar-refractivity contribution in [1.82, 2.24) is 0 Å². The maximum absolute atomic E-state index is 12.2. The highest BCUT2D eigenvalue weighted by Gasteiger charge is 2.16. The highest BCUT2D eigenvalue weighted by molar-refractivity contribution is 7.85. The first-order valence-corrected chi connectivity index (χ1v) is 8.71. The first-order chi connectivity index (χ1) is 9.38. The van der Waals surface area contributed by atoms with Crippen LogP contribution in [-0.2, 0) is 10.8 Å². The van der Waals surface area contributed by atoms with Crippen molar-refractivity contribution in [3.8, 4) is 0 Å². The van der Waals surface area contributed by atoms with Crippen molar-refractivity contribution in [2.24, 2.45) is 0 Å². The Bertz CT molecular complexity index is 692. The van der Waals surface area contributed by atoms with Gasteiger partial charge in [0, 0.05) is 20.2 Å². The fraction of sp³-hybridized carbons (Fsp3) is 0.214. The minimum atomic E-state index is -1.42. The Morgan fingerprint density at radius 3 is 2.45 bits per heavy atom. The number of halogens is 2. The van der Waals surface area contributed by atoms with Gasteiger partial charge in [-0.2, -0.15) is 0 Å². The van der Waals surface area contributed by atoms with Crippen molar-refractivity contribution in [1.29, 1.82) is 0 Å². The van der Waals surface area contributed by atoms with E-state index in [4.69, 9.17) is 23.2 Å². The highest BCUT2D eigenvalue weighted by Crippen LogP contribution is 2.25. The third kappa shape index (κ3) is 3.50. The Balaban J connectivity index is 2.17. The van der Waals surface area contributed by atoms with Crippen LogP contribution >= 0.6 is 34.5 Å². The molecule has 1 atom stereocenters. The van der Waals surface area contributed by atoms with Crippen molar-refractivity contribution in [2.75, 3.05) is 5.75 Å². The van der Waals surface area contributed by atoms with Crippen molar-refractivity contribution >= 4 is 51.1 Å². The largest absolute Gasteiger partial charge is 0.293 e. The van der Waals surface area contributed by atoms with E-state index in [1.54, 1.807) is 29.5 Å². The minimum absolute atomic E-state index is 0.0467. The van der Waals surface area contributed by atoms with Crippen LogP contribution in [0.15, 0.2) is 29.2 Å². The van der Waals surface area contributed by atoms with Crippen molar-refractivity contribution in [2.45, 2.75) is 18.7 Å². The summed E-state index contributed by atoms with van der Waals surface area (Å²) in [6.45, 7) is 3.84. The molecule has 1 aromatic heterocycles. The Kier molecular flexibility index (Phi) is 5.02. The lowest BCUT2D eigenvalue weighted by atomic mass is 10.2. The predicted octanol–water partition coefficient (Wildman–Crippen LogP) is 4.66. The maximum Gasteiger partial charge on any atom is 0.176 e. The molecule has 0 aliphatic heterocycles. The average molecular weight is 347 g/mol. The number of aryl methyl sites for hydroxylation is 2.